The summed E-state index contributed by atoms with van der Waals surface area (Å²) in [5.41, 5.74) is 3.20. The summed E-state index contributed by atoms with van der Waals surface area (Å²) in [6, 6.07) is 8.26. The number of hydrogen-bond acceptors (Lipinski definition) is 13. The van der Waals surface area contributed by atoms with E-state index in [0.717, 1.165) is 29.2 Å². The lowest BCUT2D eigenvalue weighted by Gasteiger charge is -2.31. The van der Waals surface area contributed by atoms with Gasteiger partial charge in [0.25, 0.3) is 5.91 Å². The van der Waals surface area contributed by atoms with Crippen molar-refractivity contribution in [1.82, 2.24) is 25.1 Å². The number of benzene rings is 1. The number of hydroxylamine groups is 1. The van der Waals surface area contributed by atoms with Gasteiger partial charge in [-0.1, -0.05) is 31.9 Å². The van der Waals surface area contributed by atoms with E-state index < -0.39 is 5.91 Å². The zero-order valence-corrected chi connectivity index (χ0v) is 26.7. The Morgan fingerprint density at radius 1 is 1.16 bits per heavy atom. The van der Waals surface area contributed by atoms with Gasteiger partial charge in [0.2, 0.25) is 0 Å². The number of nitrogens with zero attached hydrogens (tertiary/aromatic N) is 8. The van der Waals surface area contributed by atoms with Crippen LogP contribution in [0.3, 0.4) is 0 Å². The molecule has 1 aromatic heterocycles. The molecule has 1 aliphatic heterocycles. The molecule has 238 valence electrons. The number of anilines is 2. The van der Waals surface area contributed by atoms with Gasteiger partial charge in [0, 0.05) is 62.6 Å². The van der Waals surface area contributed by atoms with Gasteiger partial charge in [-0.3, -0.25) is 34.6 Å². The van der Waals surface area contributed by atoms with Crippen molar-refractivity contribution in [2.24, 2.45) is 15.0 Å². The summed E-state index contributed by atoms with van der Waals surface area (Å²) in [5, 5.41) is 8.88. The molecule has 0 atom stereocenters. The van der Waals surface area contributed by atoms with Crippen molar-refractivity contribution in [3.8, 4) is 11.4 Å². The van der Waals surface area contributed by atoms with Gasteiger partial charge in [0.1, 0.15) is 5.69 Å². The number of aromatic nitrogens is 2. The van der Waals surface area contributed by atoms with Gasteiger partial charge < -0.3 is 14.5 Å². The number of unbranched alkanes of at least 4 members (excludes halogenated alkanes) is 2. The number of hydrogen-bond donors (Lipinski definition) is 3. The number of carbonyl (C=O) groups excluding carboxylic acids is 1. The third kappa shape index (κ3) is 10.5. The maximum absolute atomic E-state index is 11.7. The van der Waals surface area contributed by atoms with Crippen LogP contribution in [0.2, 0.25) is 0 Å². The average molecular weight is 625 g/mol. The van der Waals surface area contributed by atoms with Gasteiger partial charge in [-0.05, 0) is 51.0 Å². The first-order valence-electron chi connectivity index (χ1n) is 14.6. The number of carbonyl (C=O) groups is 1. The van der Waals surface area contributed by atoms with Gasteiger partial charge in [-0.2, -0.15) is 0 Å². The van der Waals surface area contributed by atoms with E-state index in [2.05, 4.69) is 57.1 Å². The van der Waals surface area contributed by atoms with Crippen molar-refractivity contribution in [1.29, 1.82) is 0 Å². The number of aliphatic imine (C=N–C) groups is 3. The summed E-state index contributed by atoms with van der Waals surface area (Å²) in [6.07, 6.45) is 6.17. The Morgan fingerprint density at radius 2 is 1.91 bits per heavy atom. The molecule has 1 amide bonds. The molecule has 44 heavy (non-hydrogen) atoms. The Hall–Kier alpha value is -3.69. The van der Waals surface area contributed by atoms with E-state index in [1.807, 2.05) is 36.0 Å². The molecule has 1 fully saturated rings. The Kier molecular flexibility index (Phi) is 14.9. The van der Waals surface area contributed by atoms with Gasteiger partial charge in [0.15, 0.2) is 17.5 Å². The van der Waals surface area contributed by atoms with Crippen molar-refractivity contribution in [3.05, 3.63) is 36.0 Å². The third-order valence-electron chi connectivity index (χ3n) is 6.83. The Bertz CT molecular complexity index is 1280. The SMILES string of the molecule is C=N/C=C(\C=N/CN(C)CCN(C)c1nc(-c2ccc(SNCCCCC)cc2)nc(N2CCOCC2)c1N=C)C(=O)NO. The fourth-order valence-corrected chi connectivity index (χ4v) is 4.99. The first kappa shape index (κ1) is 34.8. The molecule has 1 aromatic carbocycles. The maximum Gasteiger partial charge on any atom is 0.277 e. The molecule has 0 bridgehead atoms. The Labute approximate surface area is 264 Å². The molecule has 13 nitrogen and oxygen atoms in total. The third-order valence-corrected chi connectivity index (χ3v) is 7.68. The van der Waals surface area contributed by atoms with E-state index in [0.29, 0.717) is 63.4 Å². The van der Waals surface area contributed by atoms with Crippen LogP contribution < -0.4 is 20.0 Å². The van der Waals surface area contributed by atoms with Crippen LogP contribution in [0.25, 0.3) is 11.4 Å². The van der Waals surface area contributed by atoms with Crippen LogP contribution in [0.4, 0.5) is 17.3 Å². The Morgan fingerprint density at radius 3 is 2.57 bits per heavy atom. The fourth-order valence-electron chi connectivity index (χ4n) is 4.31. The highest BCUT2D eigenvalue weighted by molar-refractivity contribution is 7.97. The Balaban J connectivity index is 1.78. The number of amides is 1. The molecule has 2 heterocycles. The molecule has 1 aliphatic rings. The molecule has 0 radical (unpaired) electrons. The number of nitrogens with one attached hydrogen (secondary N) is 2. The number of rotatable bonds is 18. The smallest absolute Gasteiger partial charge is 0.277 e. The topological polar surface area (TPSA) is 143 Å². The molecule has 1 saturated heterocycles. The van der Waals surface area contributed by atoms with Crippen LogP contribution in [0.5, 0.6) is 0 Å². The molecular weight excluding hydrogens is 580 g/mol. The predicted octanol–water partition coefficient (Wildman–Crippen LogP) is 3.59. The highest BCUT2D eigenvalue weighted by Crippen LogP contribution is 2.37. The number of likely N-dealkylation sites (N-methyl/N-ethyl adjacent to an activating group) is 2. The number of morpholine rings is 1. The zero-order chi connectivity index (χ0) is 31.7. The number of ether oxygens (including phenoxy) is 1. The average Bonchev–Trinajstić information content (AvgIpc) is 3.06. The van der Waals surface area contributed by atoms with E-state index in [1.165, 1.54) is 25.3 Å². The summed E-state index contributed by atoms with van der Waals surface area (Å²) in [5.74, 6) is 1.32. The minimum atomic E-state index is -0.712. The molecular formula is C30H44N10O3S. The lowest BCUT2D eigenvalue weighted by molar-refractivity contribution is -0.124. The summed E-state index contributed by atoms with van der Waals surface area (Å²) in [6.45, 7) is 14.6. The second kappa shape index (κ2) is 18.9. The van der Waals surface area contributed by atoms with Crippen molar-refractivity contribution >= 4 is 54.8 Å². The van der Waals surface area contributed by atoms with Crippen LogP contribution in [0.15, 0.2) is 55.9 Å². The van der Waals surface area contributed by atoms with Gasteiger partial charge in [-0.15, -0.1) is 0 Å². The molecule has 2 aromatic rings. The molecule has 3 N–H and O–H groups in total. The van der Waals surface area contributed by atoms with Crippen molar-refractivity contribution < 1.29 is 14.7 Å². The minimum Gasteiger partial charge on any atom is -0.378 e. The standard InChI is InChI=1S/C30H44N10O3S/c1-6-7-8-13-34-44-25-11-9-23(10-12-25)27-35-28(26(32-3)29(36-27)40-16-18-43-19-17-40)39(5)15-14-38(4)22-33-21-24(20-31-2)30(41)37-42/h9-12,20-21,34,42H,2-3,6-8,13-19,22H2,1,4-5H3,(H,37,41)/b24-20+,33-21-. The quantitative estimate of drug-likeness (QED) is 0.0562. The predicted molar refractivity (Wildman–Crippen MR) is 180 cm³/mol. The van der Waals surface area contributed by atoms with Crippen LogP contribution in [0.1, 0.15) is 26.2 Å². The minimum absolute atomic E-state index is 0.0914. The molecule has 0 aliphatic carbocycles. The molecule has 0 spiro atoms. The van der Waals surface area contributed by atoms with E-state index in [4.69, 9.17) is 19.9 Å². The van der Waals surface area contributed by atoms with Crippen LogP contribution in [0, 0.1) is 0 Å². The summed E-state index contributed by atoms with van der Waals surface area (Å²) < 4.78 is 9.02. The molecule has 0 saturated carbocycles. The maximum atomic E-state index is 11.7. The van der Waals surface area contributed by atoms with Crippen molar-refractivity contribution in [2.75, 3.05) is 76.5 Å². The van der Waals surface area contributed by atoms with Crippen LogP contribution >= 0.6 is 11.9 Å². The fraction of sp³-hybridized carbons (Fsp3) is 0.467. The first-order chi connectivity index (χ1) is 21.4. The lowest BCUT2D eigenvalue weighted by atomic mass is 10.2. The van der Waals surface area contributed by atoms with Gasteiger partial charge >= 0.3 is 0 Å². The van der Waals surface area contributed by atoms with Crippen LogP contribution in [-0.4, -0.2) is 112 Å². The van der Waals surface area contributed by atoms with Crippen molar-refractivity contribution in [3.63, 3.8) is 0 Å². The highest BCUT2D eigenvalue weighted by atomic mass is 32.2. The largest absolute Gasteiger partial charge is 0.378 e. The summed E-state index contributed by atoms with van der Waals surface area (Å²) in [7, 11) is 3.88. The highest BCUT2D eigenvalue weighted by Gasteiger charge is 2.23. The second-order valence-electron chi connectivity index (χ2n) is 10.2. The van der Waals surface area contributed by atoms with E-state index >= 15 is 0 Å². The normalized spacial score (nSPS) is 13.8. The van der Waals surface area contributed by atoms with E-state index in [1.54, 1.807) is 17.4 Å². The first-order valence-corrected chi connectivity index (χ1v) is 15.4. The monoisotopic (exact) mass is 624 g/mol. The van der Waals surface area contributed by atoms with Crippen LogP contribution in [-0.2, 0) is 9.53 Å². The van der Waals surface area contributed by atoms with Crippen molar-refractivity contribution in [2.45, 2.75) is 31.1 Å². The summed E-state index contributed by atoms with van der Waals surface area (Å²) >= 11 is 1.64. The molecule has 14 heteroatoms. The van der Waals surface area contributed by atoms with Gasteiger partial charge in [-0.25, -0.2) is 15.4 Å². The van der Waals surface area contributed by atoms with E-state index in [-0.39, 0.29) is 5.57 Å². The second-order valence-corrected chi connectivity index (χ2v) is 11.2. The zero-order valence-electron chi connectivity index (χ0n) is 25.9. The summed E-state index contributed by atoms with van der Waals surface area (Å²) in [4.78, 5) is 41.2. The van der Waals surface area contributed by atoms with Gasteiger partial charge in [0.05, 0.1) is 25.5 Å². The molecule has 3 rings (SSSR count). The molecule has 0 unspecified atom stereocenters. The van der Waals surface area contributed by atoms with E-state index in [9.17, 15) is 4.79 Å². The lowest BCUT2D eigenvalue weighted by Crippen LogP contribution is -2.37.